The molecule has 0 aliphatic heterocycles. The molecule has 5 heteroatoms. The summed E-state index contributed by atoms with van der Waals surface area (Å²) in [5, 5.41) is 2.64. The van der Waals surface area contributed by atoms with Crippen LogP contribution in [0.2, 0.25) is 0 Å². The monoisotopic (exact) mass is 235 g/mol. The van der Waals surface area contributed by atoms with E-state index in [4.69, 9.17) is 5.73 Å². The van der Waals surface area contributed by atoms with Crippen molar-refractivity contribution in [1.29, 1.82) is 0 Å². The van der Waals surface area contributed by atoms with Crippen molar-refractivity contribution in [3.8, 4) is 0 Å². The van der Waals surface area contributed by atoms with E-state index in [2.05, 4.69) is 5.32 Å². The zero-order chi connectivity index (χ0) is 13.0. The van der Waals surface area contributed by atoms with Crippen LogP contribution >= 0.6 is 0 Å². The Kier molecular flexibility index (Phi) is 4.23. The molecule has 1 aromatic carbocycles. The van der Waals surface area contributed by atoms with E-state index < -0.39 is 6.04 Å². The number of anilines is 1. The van der Waals surface area contributed by atoms with Crippen molar-refractivity contribution in [2.45, 2.75) is 13.0 Å². The average Bonchev–Trinajstić information content (AvgIpc) is 2.28. The van der Waals surface area contributed by atoms with Gasteiger partial charge < -0.3 is 16.0 Å². The van der Waals surface area contributed by atoms with Crippen LogP contribution in [0.25, 0.3) is 0 Å². The van der Waals surface area contributed by atoms with Gasteiger partial charge >= 0.3 is 0 Å². The molecule has 1 aromatic rings. The molecule has 0 saturated carbocycles. The highest BCUT2D eigenvalue weighted by Crippen LogP contribution is 2.12. The van der Waals surface area contributed by atoms with E-state index in [0.717, 1.165) is 0 Å². The van der Waals surface area contributed by atoms with E-state index in [0.29, 0.717) is 11.3 Å². The molecule has 3 N–H and O–H groups in total. The first-order valence-corrected chi connectivity index (χ1v) is 5.30. The topological polar surface area (TPSA) is 75.4 Å². The molecule has 1 atom stereocenters. The largest absolute Gasteiger partial charge is 0.345 e. The van der Waals surface area contributed by atoms with Crippen molar-refractivity contribution in [2.24, 2.45) is 5.73 Å². The Hall–Kier alpha value is -1.88. The quantitative estimate of drug-likeness (QED) is 0.808. The summed E-state index contributed by atoms with van der Waals surface area (Å²) in [6.07, 6.45) is 0. The van der Waals surface area contributed by atoms with Crippen LogP contribution < -0.4 is 11.1 Å². The highest BCUT2D eigenvalue weighted by molar-refractivity contribution is 5.98. The summed E-state index contributed by atoms with van der Waals surface area (Å²) in [6.45, 7) is 1.60. The fraction of sp³-hybridized carbons (Fsp3) is 0.333. The first kappa shape index (κ1) is 13.2. The van der Waals surface area contributed by atoms with Crippen LogP contribution in [-0.2, 0) is 4.79 Å². The first-order chi connectivity index (χ1) is 7.91. The molecule has 0 spiro atoms. The van der Waals surface area contributed by atoms with Crippen LogP contribution in [0.5, 0.6) is 0 Å². The summed E-state index contributed by atoms with van der Waals surface area (Å²) < 4.78 is 0. The molecule has 2 amide bonds. The number of rotatable bonds is 3. The van der Waals surface area contributed by atoms with Gasteiger partial charge in [-0.2, -0.15) is 0 Å². The zero-order valence-corrected chi connectivity index (χ0v) is 10.2. The molecule has 1 rings (SSSR count). The Balaban J connectivity index is 2.86. The van der Waals surface area contributed by atoms with Crippen molar-refractivity contribution in [1.82, 2.24) is 4.90 Å². The lowest BCUT2D eigenvalue weighted by Crippen LogP contribution is -2.32. The molecular weight excluding hydrogens is 218 g/mol. The van der Waals surface area contributed by atoms with Gasteiger partial charge in [0.05, 0.1) is 6.04 Å². The van der Waals surface area contributed by atoms with E-state index >= 15 is 0 Å². The standard InChI is InChI=1S/C12H17N3O2/c1-8(13)11(16)14-10-6-4-5-9(7-10)12(17)15(2)3/h4-8H,13H2,1-3H3,(H,14,16)/t8-/m1/s1. The molecule has 0 unspecified atom stereocenters. The maximum Gasteiger partial charge on any atom is 0.253 e. The minimum atomic E-state index is -0.580. The highest BCUT2D eigenvalue weighted by atomic mass is 16.2. The lowest BCUT2D eigenvalue weighted by atomic mass is 10.1. The number of nitrogens with two attached hydrogens (primary N) is 1. The number of carbonyl (C=O) groups is 2. The van der Waals surface area contributed by atoms with Crippen LogP contribution in [0.4, 0.5) is 5.69 Å². The summed E-state index contributed by atoms with van der Waals surface area (Å²) in [4.78, 5) is 24.6. The van der Waals surface area contributed by atoms with Gasteiger partial charge in [0.1, 0.15) is 0 Å². The van der Waals surface area contributed by atoms with Gasteiger partial charge in [0, 0.05) is 25.3 Å². The molecule has 92 valence electrons. The molecule has 0 aliphatic rings. The first-order valence-electron chi connectivity index (χ1n) is 5.30. The van der Waals surface area contributed by atoms with Gasteiger partial charge in [0.15, 0.2) is 0 Å². The van der Waals surface area contributed by atoms with Crippen molar-refractivity contribution < 1.29 is 9.59 Å². The number of nitrogens with zero attached hydrogens (tertiary/aromatic N) is 1. The minimum absolute atomic E-state index is 0.109. The van der Waals surface area contributed by atoms with Crippen molar-refractivity contribution >= 4 is 17.5 Å². The molecule has 5 nitrogen and oxygen atoms in total. The van der Waals surface area contributed by atoms with Gasteiger partial charge in [-0.15, -0.1) is 0 Å². The predicted octanol–water partition coefficient (Wildman–Crippen LogP) is 0.674. The Bertz CT molecular complexity index is 428. The fourth-order valence-corrected chi connectivity index (χ4v) is 1.24. The second-order valence-electron chi connectivity index (χ2n) is 4.06. The van der Waals surface area contributed by atoms with Gasteiger partial charge in [-0.1, -0.05) is 6.07 Å². The third-order valence-electron chi connectivity index (χ3n) is 2.20. The zero-order valence-electron chi connectivity index (χ0n) is 10.2. The molecular formula is C12H17N3O2. The molecule has 0 aromatic heterocycles. The van der Waals surface area contributed by atoms with Crippen molar-refractivity contribution in [3.05, 3.63) is 29.8 Å². The summed E-state index contributed by atoms with van der Waals surface area (Å²) in [5.74, 6) is -0.388. The number of nitrogens with one attached hydrogen (secondary N) is 1. The normalized spacial score (nSPS) is 11.8. The Labute approximate surface area is 101 Å². The molecule has 17 heavy (non-hydrogen) atoms. The Morgan fingerprint density at radius 3 is 2.53 bits per heavy atom. The minimum Gasteiger partial charge on any atom is -0.345 e. The molecule has 0 fully saturated rings. The van der Waals surface area contributed by atoms with Crippen LogP contribution in [0.1, 0.15) is 17.3 Å². The van der Waals surface area contributed by atoms with Gasteiger partial charge in [-0.3, -0.25) is 9.59 Å². The lowest BCUT2D eigenvalue weighted by molar-refractivity contribution is -0.117. The maximum absolute atomic E-state index is 11.7. The highest BCUT2D eigenvalue weighted by Gasteiger charge is 2.11. The van der Waals surface area contributed by atoms with E-state index in [9.17, 15) is 9.59 Å². The maximum atomic E-state index is 11.7. The number of benzene rings is 1. The average molecular weight is 235 g/mol. The van der Waals surface area contributed by atoms with Gasteiger partial charge in [0.25, 0.3) is 5.91 Å². The van der Waals surface area contributed by atoms with Crippen LogP contribution in [0.15, 0.2) is 24.3 Å². The van der Waals surface area contributed by atoms with Crippen LogP contribution in [0.3, 0.4) is 0 Å². The SMILES string of the molecule is C[C@@H](N)C(=O)Nc1cccc(C(=O)N(C)C)c1. The van der Waals surface area contributed by atoms with Crippen LogP contribution in [0, 0.1) is 0 Å². The third-order valence-corrected chi connectivity index (χ3v) is 2.20. The summed E-state index contributed by atoms with van der Waals surface area (Å²) in [5.41, 5.74) is 6.54. The number of amides is 2. The molecule has 0 heterocycles. The van der Waals surface area contributed by atoms with Gasteiger partial charge in [-0.25, -0.2) is 0 Å². The van der Waals surface area contributed by atoms with E-state index in [1.165, 1.54) is 4.90 Å². The van der Waals surface area contributed by atoms with Crippen molar-refractivity contribution in [2.75, 3.05) is 19.4 Å². The second kappa shape index (κ2) is 5.45. The summed E-state index contributed by atoms with van der Waals surface area (Å²) in [7, 11) is 3.35. The van der Waals surface area contributed by atoms with Gasteiger partial charge in [0.2, 0.25) is 5.91 Å². The molecule has 0 saturated heterocycles. The Morgan fingerprint density at radius 1 is 1.35 bits per heavy atom. The number of carbonyl (C=O) groups excluding carboxylic acids is 2. The number of hydrogen-bond donors (Lipinski definition) is 2. The summed E-state index contributed by atoms with van der Waals surface area (Å²) in [6, 6.07) is 6.18. The molecule has 0 aliphatic carbocycles. The summed E-state index contributed by atoms with van der Waals surface area (Å²) >= 11 is 0. The lowest BCUT2D eigenvalue weighted by Gasteiger charge is -2.12. The van der Waals surface area contributed by atoms with Crippen molar-refractivity contribution in [3.63, 3.8) is 0 Å². The van der Waals surface area contributed by atoms with Gasteiger partial charge in [-0.05, 0) is 25.1 Å². The Morgan fingerprint density at radius 2 is 2.00 bits per heavy atom. The van der Waals surface area contributed by atoms with E-state index in [1.54, 1.807) is 45.3 Å². The van der Waals surface area contributed by atoms with E-state index in [1.807, 2.05) is 0 Å². The fourth-order valence-electron chi connectivity index (χ4n) is 1.24. The molecule has 0 bridgehead atoms. The predicted molar refractivity (Wildman–Crippen MR) is 66.7 cm³/mol. The smallest absolute Gasteiger partial charge is 0.253 e. The third kappa shape index (κ3) is 3.57. The van der Waals surface area contributed by atoms with E-state index in [-0.39, 0.29) is 11.8 Å². The number of hydrogen-bond acceptors (Lipinski definition) is 3. The second-order valence-corrected chi connectivity index (χ2v) is 4.06. The molecule has 0 radical (unpaired) electrons. The van der Waals surface area contributed by atoms with Crippen LogP contribution in [-0.4, -0.2) is 36.9 Å².